The van der Waals surface area contributed by atoms with Gasteiger partial charge in [0, 0.05) is 18.2 Å². The quantitative estimate of drug-likeness (QED) is 0.640. The normalized spacial score (nSPS) is 10.8. The Labute approximate surface area is 121 Å². The number of nitrogens with zero attached hydrogens (tertiary/aromatic N) is 4. The summed E-state index contributed by atoms with van der Waals surface area (Å²) in [6.45, 7) is 6.02. The van der Waals surface area contributed by atoms with Gasteiger partial charge in [-0.15, -0.1) is 0 Å². The van der Waals surface area contributed by atoms with Gasteiger partial charge < -0.3 is 4.74 Å². The van der Waals surface area contributed by atoms with Crippen molar-refractivity contribution in [2.75, 3.05) is 6.61 Å². The summed E-state index contributed by atoms with van der Waals surface area (Å²) in [6, 6.07) is 1.59. The van der Waals surface area contributed by atoms with E-state index in [-0.39, 0.29) is 5.92 Å². The minimum absolute atomic E-state index is 0.146. The van der Waals surface area contributed by atoms with Crippen LogP contribution in [0.2, 0.25) is 5.15 Å². The van der Waals surface area contributed by atoms with Gasteiger partial charge in [-0.1, -0.05) is 25.4 Å². The zero-order valence-corrected chi connectivity index (χ0v) is 12.3. The number of ether oxygens (including phenoxy) is 1. The molecular weight excluding hydrogens is 280 g/mol. The van der Waals surface area contributed by atoms with Crippen molar-refractivity contribution < 1.29 is 9.53 Å². The van der Waals surface area contributed by atoms with E-state index in [0.29, 0.717) is 29.0 Å². The maximum atomic E-state index is 11.6. The van der Waals surface area contributed by atoms with E-state index >= 15 is 0 Å². The Balaban J connectivity index is 2.34. The van der Waals surface area contributed by atoms with Crippen LogP contribution in [0.5, 0.6) is 0 Å². The molecule has 0 atom stereocenters. The highest BCUT2D eigenvalue weighted by Gasteiger charge is 2.13. The minimum Gasteiger partial charge on any atom is -0.462 e. The van der Waals surface area contributed by atoms with Gasteiger partial charge in [-0.2, -0.15) is 5.10 Å². The van der Waals surface area contributed by atoms with E-state index in [1.165, 1.54) is 10.9 Å². The third kappa shape index (κ3) is 3.14. The molecule has 0 bridgehead atoms. The van der Waals surface area contributed by atoms with Gasteiger partial charge in [-0.05, 0) is 6.92 Å². The van der Waals surface area contributed by atoms with E-state index in [0.717, 1.165) is 0 Å². The second-order valence-electron chi connectivity index (χ2n) is 4.46. The number of aromatic nitrogens is 4. The average Bonchev–Trinajstić information content (AvgIpc) is 2.88. The lowest BCUT2D eigenvalue weighted by molar-refractivity contribution is 0.0526. The van der Waals surface area contributed by atoms with Gasteiger partial charge in [-0.25, -0.2) is 19.4 Å². The molecule has 0 aliphatic carbocycles. The van der Waals surface area contributed by atoms with E-state index in [1.807, 2.05) is 13.8 Å². The molecule has 106 valence electrons. The second kappa shape index (κ2) is 6.00. The van der Waals surface area contributed by atoms with Gasteiger partial charge in [0.1, 0.15) is 11.0 Å². The van der Waals surface area contributed by atoms with E-state index < -0.39 is 5.97 Å². The predicted molar refractivity (Wildman–Crippen MR) is 74.2 cm³/mol. The number of carbonyl (C=O) groups excluding carboxylic acids is 1. The molecule has 0 saturated carbocycles. The van der Waals surface area contributed by atoms with Crippen molar-refractivity contribution in [1.82, 2.24) is 19.7 Å². The van der Waals surface area contributed by atoms with Gasteiger partial charge in [0.2, 0.25) is 0 Å². The standard InChI is InChI=1S/C13H15ClN4O2/c1-4-20-13(19)9-6-15-18(7-9)11-5-10(14)16-12(17-11)8(2)3/h5-8H,4H2,1-3H3. The van der Waals surface area contributed by atoms with Gasteiger partial charge in [0.25, 0.3) is 0 Å². The molecule has 20 heavy (non-hydrogen) atoms. The van der Waals surface area contributed by atoms with Crippen molar-refractivity contribution in [2.45, 2.75) is 26.7 Å². The van der Waals surface area contributed by atoms with Crippen LogP contribution in [0.15, 0.2) is 18.5 Å². The zero-order chi connectivity index (χ0) is 14.7. The molecule has 0 aromatic carbocycles. The second-order valence-corrected chi connectivity index (χ2v) is 4.84. The third-order valence-electron chi connectivity index (χ3n) is 2.54. The molecule has 2 aromatic heterocycles. The molecule has 0 amide bonds. The predicted octanol–water partition coefficient (Wildman–Crippen LogP) is 2.62. The van der Waals surface area contributed by atoms with Gasteiger partial charge >= 0.3 is 5.97 Å². The lowest BCUT2D eigenvalue weighted by Crippen LogP contribution is -2.06. The Morgan fingerprint density at radius 1 is 1.45 bits per heavy atom. The SMILES string of the molecule is CCOC(=O)c1cnn(-c2cc(Cl)nc(C(C)C)n2)c1. The molecule has 2 aromatic rings. The summed E-state index contributed by atoms with van der Waals surface area (Å²) in [5.74, 6) is 0.875. The molecule has 0 spiro atoms. The van der Waals surface area contributed by atoms with Gasteiger partial charge in [0.05, 0.1) is 18.4 Å². The van der Waals surface area contributed by atoms with Crippen molar-refractivity contribution in [3.05, 3.63) is 35.0 Å². The molecule has 0 unspecified atom stereocenters. The fourth-order valence-electron chi connectivity index (χ4n) is 1.57. The van der Waals surface area contributed by atoms with E-state index in [2.05, 4.69) is 15.1 Å². The number of hydrogen-bond acceptors (Lipinski definition) is 5. The third-order valence-corrected chi connectivity index (χ3v) is 2.74. The van der Waals surface area contributed by atoms with Gasteiger partial charge in [0.15, 0.2) is 5.82 Å². The van der Waals surface area contributed by atoms with Crippen molar-refractivity contribution in [3.8, 4) is 5.82 Å². The molecular formula is C13H15ClN4O2. The molecule has 0 aliphatic heterocycles. The lowest BCUT2D eigenvalue weighted by Gasteiger charge is -2.07. The van der Waals surface area contributed by atoms with Crippen LogP contribution in [0.1, 0.15) is 42.9 Å². The van der Waals surface area contributed by atoms with Crippen LogP contribution in [0.25, 0.3) is 5.82 Å². The first-order valence-corrected chi connectivity index (χ1v) is 6.65. The molecule has 6 nitrogen and oxygen atoms in total. The molecule has 0 radical (unpaired) electrons. The highest BCUT2D eigenvalue weighted by atomic mass is 35.5. The molecule has 0 fully saturated rings. The first kappa shape index (κ1) is 14.5. The summed E-state index contributed by atoms with van der Waals surface area (Å²) in [5.41, 5.74) is 0.368. The van der Waals surface area contributed by atoms with Crippen LogP contribution in [0.3, 0.4) is 0 Å². The summed E-state index contributed by atoms with van der Waals surface area (Å²) >= 11 is 5.98. The van der Waals surface area contributed by atoms with Crippen molar-refractivity contribution in [1.29, 1.82) is 0 Å². The van der Waals surface area contributed by atoms with Crippen molar-refractivity contribution >= 4 is 17.6 Å². The van der Waals surface area contributed by atoms with E-state index in [9.17, 15) is 4.79 Å². The highest BCUT2D eigenvalue weighted by molar-refractivity contribution is 6.29. The molecule has 0 saturated heterocycles. The smallest absolute Gasteiger partial charge is 0.341 e. The fourth-order valence-corrected chi connectivity index (χ4v) is 1.75. The summed E-state index contributed by atoms with van der Waals surface area (Å²) in [4.78, 5) is 20.1. The number of esters is 1. The number of rotatable bonds is 4. The van der Waals surface area contributed by atoms with Crippen LogP contribution >= 0.6 is 11.6 Å². The molecule has 7 heteroatoms. The van der Waals surface area contributed by atoms with Crippen LogP contribution in [0.4, 0.5) is 0 Å². The van der Waals surface area contributed by atoms with Gasteiger partial charge in [-0.3, -0.25) is 0 Å². The Bertz CT molecular complexity index is 625. The Hall–Kier alpha value is -1.95. The molecule has 0 N–H and O–H groups in total. The zero-order valence-electron chi connectivity index (χ0n) is 11.5. The number of hydrogen-bond donors (Lipinski definition) is 0. The monoisotopic (exact) mass is 294 g/mol. The summed E-state index contributed by atoms with van der Waals surface area (Å²) < 4.78 is 6.39. The van der Waals surface area contributed by atoms with E-state index in [4.69, 9.17) is 16.3 Å². The van der Waals surface area contributed by atoms with Crippen LogP contribution in [-0.2, 0) is 4.74 Å². The first-order valence-electron chi connectivity index (χ1n) is 6.28. The first-order chi connectivity index (χ1) is 9.51. The fraction of sp³-hybridized carbons (Fsp3) is 0.385. The summed E-state index contributed by atoms with van der Waals surface area (Å²) in [6.07, 6.45) is 2.99. The largest absolute Gasteiger partial charge is 0.462 e. The minimum atomic E-state index is -0.414. The highest BCUT2D eigenvalue weighted by Crippen LogP contribution is 2.16. The average molecular weight is 295 g/mol. The maximum Gasteiger partial charge on any atom is 0.341 e. The maximum absolute atomic E-state index is 11.6. The molecule has 0 aliphatic rings. The number of halogens is 1. The molecule has 2 rings (SSSR count). The Morgan fingerprint density at radius 2 is 2.20 bits per heavy atom. The Morgan fingerprint density at radius 3 is 2.85 bits per heavy atom. The summed E-state index contributed by atoms with van der Waals surface area (Å²) in [7, 11) is 0. The van der Waals surface area contributed by atoms with Crippen LogP contribution in [0, 0.1) is 0 Å². The van der Waals surface area contributed by atoms with E-state index in [1.54, 1.807) is 19.2 Å². The number of carbonyl (C=O) groups is 1. The van der Waals surface area contributed by atoms with Crippen LogP contribution in [-0.4, -0.2) is 32.3 Å². The van der Waals surface area contributed by atoms with Crippen molar-refractivity contribution in [3.63, 3.8) is 0 Å². The summed E-state index contributed by atoms with van der Waals surface area (Å²) in [5, 5.41) is 4.44. The Kier molecular flexibility index (Phi) is 4.34. The van der Waals surface area contributed by atoms with Crippen LogP contribution < -0.4 is 0 Å². The molecule has 2 heterocycles. The van der Waals surface area contributed by atoms with Crippen molar-refractivity contribution in [2.24, 2.45) is 0 Å². The lowest BCUT2D eigenvalue weighted by atomic mass is 10.2. The topological polar surface area (TPSA) is 69.9 Å².